The Morgan fingerprint density at radius 3 is 2.17 bits per heavy atom. The number of rotatable bonds is 12. The quantitative estimate of drug-likeness (QED) is 0.106. The lowest BCUT2D eigenvalue weighted by Gasteiger charge is -2.35. The monoisotopic (exact) mass is 652 g/mol. The van der Waals surface area contributed by atoms with Crippen LogP contribution in [-0.2, 0) is 4.79 Å². The van der Waals surface area contributed by atoms with E-state index in [0.717, 1.165) is 6.26 Å². The summed E-state index contributed by atoms with van der Waals surface area (Å²) in [6.45, 7) is 15.6. The maximum Gasteiger partial charge on any atom is 0.251 e. The molecule has 1 heterocycles. The van der Waals surface area contributed by atoms with Crippen LogP contribution in [0.25, 0.3) is 0 Å². The maximum atomic E-state index is 13.5. The Bertz CT molecular complexity index is 1580. The van der Waals surface area contributed by atoms with Gasteiger partial charge in [-0.25, -0.2) is 0 Å². The molecule has 1 aliphatic heterocycles. The first-order valence-corrected chi connectivity index (χ1v) is 15.8. The largest absolute Gasteiger partial charge is 0.516 e. The highest BCUT2D eigenvalue weighted by Gasteiger charge is 2.48. The Hall–Kier alpha value is -4.22. The van der Waals surface area contributed by atoms with Crippen molar-refractivity contribution in [1.29, 1.82) is 0 Å². The average Bonchev–Trinajstić information content (AvgIpc) is 3.28. The molecule has 1 amide bonds. The van der Waals surface area contributed by atoms with Crippen molar-refractivity contribution in [2.75, 3.05) is 0 Å². The first-order valence-electron chi connectivity index (χ1n) is 15.8. The summed E-state index contributed by atoms with van der Waals surface area (Å²) in [4.78, 5) is 53.1. The number of hydrogen-bond donors (Lipinski definition) is 6. The number of carbonyl (C=O) groups is 4. The Labute approximate surface area is 275 Å². The number of ether oxygens (including phenoxy) is 1. The molecular formula is C36H48N2O9. The minimum absolute atomic E-state index is 0.0112. The highest BCUT2D eigenvalue weighted by atomic mass is 16.5. The molecule has 47 heavy (non-hydrogen) atoms. The van der Waals surface area contributed by atoms with E-state index in [0.29, 0.717) is 6.42 Å². The molecule has 7 atom stereocenters. The molecule has 1 aliphatic carbocycles. The maximum absolute atomic E-state index is 13.5. The molecule has 1 aromatic rings. The molecule has 1 aromatic carbocycles. The van der Waals surface area contributed by atoms with Gasteiger partial charge in [-0.05, 0) is 57.9 Å². The SMILES string of the molecule is C/C(=C/C=C/[C@H](C)[C@H](O)[C@@H](C)[C@@H](O)[C@@H](C)[C@H](C)[C@H](C)C/C=C/O)C(=O)NC1=C(N)C(=O)c2c(c(O)c(C)c3c2C(=O)C(C)(C)O3)C1=O. The van der Waals surface area contributed by atoms with Crippen LogP contribution in [0, 0.1) is 36.5 Å². The van der Waals surface area contributed by atoms with Crippen molar-refractivity contribution in [3.8, 4) is 11.5 Å². The van der Waals surface area contributed by atoms with Gasteiger partial charge in [0.2, 0.25) is 17.3 Å². The fraction of sp³-hybridized carbons (Fsp3) is 0.500. The van der Waals surface area contributed by atoms with Crippen LogP contribution >= 0.6 is 0 Å². The van der Waals surface area contributed by atoms with E-state index in [9.17, 15) is 34.5 Å². The predicted molar refractivity (Wildman–Crippen MR) is 177 cm³/mol. The summed E-state index contributed by atoms with van der Waals surface area (Å²) in [6.07, 6.45) is 6.43. The van der Waals surface area contributed by atoms with Gasteiger partial charge in [-0.2, -0.15) is 0 Å². The molecular weight excluding hydrogens is 604 g/mol. The molecule has 0 aromatic heterocycles. The minimum Gasteiger partial charge on any atom is -0.516 e. The molecule has 0 spiro atoms. The zero-order chi connectivity index (χ0) is 35.7. The van der Waals surface area contributed by atoms with Gasteiger partial charge in [-0.1, -0.05) is 52.8 Å². The standard InChI is InChI=1S/C36H48N2O9/c1-16(14-11-15-39)19(4)20(5)29(41)21(6)28(40)17(2)12-10-13-18(3)35(46)38-27-26(37)31(43)23-24(32(27)44)30(42)22(7)33-25(23)34(45)36(8,9)47-33/h10-13,15-17,19-21,28-29,39-42H,14,37H2,1-9H3,(H,38,46)/b12-10+,15-11+,18-13-/t16-,17+,19-,20+,21-,28+,29+/m1/s1. The van der Waals surface area contributed by atoms with Crippen LogP contribution in [0.5, 0.6) is 11.5 Å². The van der Waals surface area contributed by atoms with Gasteiger partial charge in [0.15, 0.2) is 5.60 Å². The lowest BCUT2D eigenvalue weighted by molar-refractivity contribution is -0.116. The molecule has 2 aliphatic rings. The van der Waals surface area contributed by atoms with E-state index in [1.54, 1.807) is 32.1 Å². The number of amides is 1. The van der Waals surface area contributed by atoms with Crippen molar-refractivity contribution in [3.05, 3.63) is 69.8 Å². The van der Waals surface area contributed by atoms with Crippen LogP contribution in [-0.4, -0.2) is 61.5 Å². The third kappa shape index (κ3) is 7.06. The molecule has 0 bridgehead atoms. The van der Waals surface area contributed by atoms with E-state index in [2.05, 4.69) is 5.32 Å². The van der Waals surface area contributed by atoms with E-state index in [-0.39, 0.29) is 51.7 Å². The molecule has 256 valence electrons. The van der Waals surface area contributed by atoms with Gasteiger partial charge in [-0.3, -0.25) is 19.2 Å². The van der Waals surface area contributed by atoms with Crippen molar-refractivity contribution in [1.82, 2.24) is 5.32 Å². The first kappa shape index (κ1) is 37.2. The lowest BCUT2D eigenvalue weighted by Crippen LogP contribution is -2.40. The van der Waals surface area contributed by atoms with Crippen molar-refractivity contribution in [2.24, 2.45) is 35.3 Å². The highest BCUT2D eigenvalue weighted by Crippen LogP contribution is 2.47. The molecule has 11 nitrogen and oxygen atoms in total. The molecule has 0 fully saturated rings. The van der Waals surface area contributed by atoms with Gasteiger partial charge < -0.3 is 36.2 Å². The number of aliphatic hydroxyl groups is 3. The van der Waals surface area contributed by atoms with Gasteiger partial charge in [-0.15, -0.1) is 0 Å². The number of allylic oxidation sites excluding steroid dienone is 5. The van der Waals surface area contributed by atoms with E-state index in [1.165, 1.54) is 33.8 Å². The van der Waals surface area contributed by atoms with Gasteiger partial charge in [0, 0.05) is 23.0 Å². The summed E-state index contributed by atoms with van der Waals surface area (Å²) >= 11 is 0. The van der Waals surface area contributed by atoms with Crippen LogP contribution < -0.4 is 15.8 Å². The Morgan fingerprint density at radius 2 is 1.57 bits per heavy atom. The summed E-state index contributed by atoms with van der Waals surface area (Å²) in [7, 11) is 0. The van der Waals surface area contributed by atoms with E-state index < -0.39 is 69.7 Å². The zero-order valence-corrected chi connectivity index (χ0v) is 28.5. The second-order valence-corrected chi connectivity index (χ2v) is 13.5. The van der Waals surface area contributed by atoms with Gasteiger partial charge in [0.05, 0.1) is 35.2 Å². The van der Waals surface area contributed by atoms with Crippen molar-refractivity contribution in [2.45, 2.75) is 86.5 Å². The van der Waals surface area contributed by atoms with Crippen molar-refractivity contribution < 1.29 is 44.3 Å². The molecule has 11 heteroatoms. The van der Waals surface area contributed by atoms with E-state index in [4.69, 9.17) is 15.6 Å². The van der Waals surface area contributed by atoms with Crippen molar-refractivity contribution in [3.63, 3.8) is 0 Å². The summed E-state index contributed by atoms with van der Waals surface area (Å²) in [5.74, 6) is -4.21. The van der Waals surface area contributed by atoms with Crippen molar-refractivity contribution >= 4 is 23.3 Å². The Morgan fingerprint density at radius 1 is 0.957 bits per heavy atom. The topological polar surface area (TPSA) is 196 Å². The molecule has 0 radical (unpaired) electrons. The fourth-order valence-corrected chi connectivity index (χ4v) is 6.11. The second kappa shape index (κ2) is 14.3. The zero-order valence-electron chi connectivity index (χ0n) is 28.5. The smallest absolute Gasteiger partial charge is 0.251 e. The van der Waals surface area contributed by atoms with Gasteiger partial charge in [0.25, 0.3) is 5.91 Å². The minimum atomic E-state index is -1.32. The number of nitrogens with one attached hydrogen (secondary N) is 1. The summed E-state index contributed by atoms with van der Waals surface area (Å²) in [5, 5.41) is 44.2. The molecule has 0 saturated heterocycles. The normalized spacial score (nSPS) is 20.8. The van der Waals surface area contributed by atoms with Crippen LogP contribution in [0.4, 0.5) is 0 Å². The number of aliphatic hydroxyl groups excluding tert-OH is 3. The molecule has 0 unspecified atom stereocenters. The van der Waals surface area contributed by atoms with Gasteiger partial charge >= 0.3 is 0 Å². The number of nitrogens with two attached hydrogens (primary N) is 1. The number of aromatic hydroxyl groups is 1. The number of carbonyl (C=O) groups excluding carboxylic acids is 4. The molecule has 0 saturated carbocycles. The number of phenols is 1. The molecule has 7 N–H and O–H groups in total. The molecule has 3 rings (SSSR count). The number of hydrogen-bond acceptors (Lipinski definition) is 10. The number of ketones is 3. The Kier molecular flexibility index (Phi) is 11.3. The van der Waals surface area contributed by atoms with Crippen LogP contribution in [0.15, 0.2) is 47.5 Å². The Balaban J connectivity index is 1.74. The first-order chi connectivity index (χ1) is 21.8. The third-order valence-corrected chi connectivity index (χ3v) is 9.84. The second-order valence-electron chi connectivity index (χ2n) is 13.5. The number of phenolic OH excluding ortho intramolecular Hbond substituents is 1. The number of Topliss-reactive ketones (excluding diaryl/α,β-unsaturated/α-hetero) is 3. The van der Waals surface area contributed by atoms with Crippen LogP contribution in [0.1, 0.15) is 98.4 Å². The highest BCUT2D eigenvalue weighted by molar-refractivity contribution is 6.32. The fourth-order valence-electron chi connectivity index (χ4n) is 6.11. The third-order valence-electron chi connectivity index (χ3n) is 9.84. The predicted octanol–water partition coefficient (Wildman–Crippen LogP) is 4.59. The summed E-state index contributed by atoms with van der Waals surface area (Å²) in [5.41, 5.74) is 2.99. The van der Waals surface area contributed by atoms with Crippen LogP contribution in [0.2, 0.25) is 0 Å². The van der Waals surface area contributed by atoms with Gasteiger partial charge in [0.1, 0.15) is 22.9 Å². The lowest BCUT2D eigenvalue weighted by atomic mass is 9.75. The summed E-state index contributed by atoms with van der Waals surface area (Å²) in [6, 6.07) is 0. The number of benzene rings is 1. The van der Waals surface area contributed by atoms with E-state index in [1.807, 2.05) is 20.8 Å². The number of fused-ring (bicyclic) bond motifs is 3. The van der Waals surface area contributed by atoms with Crippen LogP contribution in [0.3, 0.4) is 0 Å². The van der Waals surface area contributed by atoms with E-state index >= 15 is 0 Å². The summed E-state index contributed by atoms with van der Waals surface area (Å²) < 4.78 is 5.71. The average molecular weight is 653 g/mol.